The highest BCUT2D eigenvalue weighted by Gasteiger charge is 1.99. The number of benzene rings is 2. The van der Waals surface area contributed by atoms with Crippen molar-refractivity contribution in [3.63, 3.8) is 0 Å². The van der Waals surface area contributed by atoms with Crippen LogP contribution in [-0.2, 0) is 13.2 Å². The second-order valence-corrected chi connectivity index (χ2v) is 5.09. The van der Waals surface area contributed by atoms with Crippen molar-refractivity contribution in [2.24, 2.45) is 0 Å². The molecule has 0 saturated heterocycles. The summed E-state index contributed by atoms with van der Waals surface area (Å²) in [6.45, 7) is 5.56. The summed E-state index contributed by atoms with van der Waals surface area (Å²) in [5.74, 6) is 0.596. The Morgan fingerprint density at radius 1 is 0.950 bits per heavy atom. The van der Waals surface area contributed by atoms with E-state index in [1.54, 1.807) is 12.1 Å². The highest BCUT2D eigenvalue weighted by molar-refractivity contribution is 5.27. The Balaban J connectivity index is 1.85. The predicted octanol–water partition coefficient (Wildman–Crippen LogP) is 3.90. The number of ether oxygens (including phenoxy) is 1. The fourth-order valence-corrected chi connectivity index (χ4v) is 1.77. The molecule has 1 N–H and O–H groups in total. The minimum atomic E-state index is -0.226. The van der Waals surface area contributed by atoms with Gasteiger partial charge in [-0.2, -0.15) is 0 Å². The van der Waals surface area contributed by atoms with Gasteiger partial charge in [0.05, 0.1) is 0 Å². The average Bonchev–Trinajstić information content (AvgIpc) is 2.45. The molecule has 0 atom stereocenters. The van der Waals surface area contributed by atoms with Crippen molar-refractivity contribution in [1.29, 1.82) is 0 Å². The van der Waals surface area contributed by atoms with Crippen LogP contribution in [0.25, 0.3) is 0 Å². The molecule has 2 aromatic carbocycles. The molecule has 2 aromatic rings. The fourth-order valence-electron chi connectivity index (χ4n) is 1.77. The van der Waals surface area contributed by atoms with Crippen LogP contribution in [0.1, 0.15) is 25.0 Å². The SMILES string of the molecule is CC(C)NCc1ccc(OCc2ccc(F)cc2)cc1. The van der Waals surface area contributed by atoms with Crippen molar-refractivity contribution in [2.45, 2.75) is 33.0 Å². The topological polar surface area (TPSA) is 21.3 Å². The molecule has 0 aliphatic heterocycles. The third-order valence-electron chi connectivity index (χ3n) is 2.96. The summed E-state index contributed by atoms with van der Waals surface area (Å²) >= 11 is 0. The highest BCUT2D eigenvalue weighted by Crippen LogP contribution is 2.14. The quantitative estimate of drug-likeness (QED) is 0.861. The van der Waals surface area contributed by atoms with Crippen LogP contribution in [0.4, 0.5) is 4.39 Å². The summed E-state index contributed by atoms with van der Waals surface area (Å²) < 4.78 is 18.4. The Morgan fingerprint density at radius 2 is 1.55 bits per heavy atom. The maximum atomic E-state index is 12.8. The summed E-state index contributed by atoms with van der Waals surface area (Å²) in [4.78, 5) is 0. The highest BCUT2D eigenvalue weighted by atomic mass is 19.1. The number of rotatable bonds is 6. The third-order valence-corrected chi connectivity index (χ3v) is 2.96. The zero-order valence-corrected chi connectivity index (χ0v) is 11.9. The first-order valence-electron chi connectivity index (χ1n) is 6.83. The predicted molar refractivity (Wildman–Crippen MR) is 79.1 cm³/mol. The molecule has 0 fully saturated rings. The van der Waals surface area contributed by atoms with Gasteiger partial charge >= 0.3 is 0 Å². The van der Waals surface area contributed by atoms with Crippen LogP contribution in [0.5, 0.6) is 5.75 Å². The molecule has 2 rings (SSSR count). The van der Waals surface area contributed by atoms with Crippen LogP contribution in [0, 0.1) is 5.82 Å². The zero-order chi connectivity index (χ0) is 14.4. The van der Waals surface area contributed by atoms with Gasteiger partial charge in [0.2, 0.25) is 0 Å². The lowest BCUT2D eigenvalue weighted by molar-refractivity contribution is 0.306. The molecule has 0 saturated carbocycles. The normalized spacial score (nSPS) is 10.8. The van der Waals surface area contributed by atoms with Crippen molar-refractivity contribution in [1.82, 2.24) is 5.32 Å². The first-order valence-corrected chi connectivity index (χ1v) is 6.83. The van der Waals surface area contributed by atoms with Crippen molar-refractivity contribution >= 4 is 0 Å². The van der Waals surface area contributed by atoms with E-state index in [0.717, 1.165) is 17.9 Å². The molecule has 0 radical (unpaired) electrons. The van der Waals surface area contributed by atoms with Crippen LogP contribution in [0.15, 0.2) is 48.5 Å². The van der Waals surface area contributed by atoms with Crippen LogP contribution in [-0.4, -0.2) is 6.04 Å². The van der Waals surface area contributed by atoms with E-state index in [1.807, 2.05) is 12.1 Å². The molecule has 0 unspecified atom stereocenters. The van der Waals surface area contributed by atoms with Gasteiger partial charge in [0, 0.05) is 12.6 Å². The van der Waals surface area contributed by atoms with Crippen LogP contribution < -0.4 is 10.1 Å². The second kappa shape index (κ2) is 7.06. The van der Waals surface area contributed by atoms with Gasteiger partial charge in [0.1, 0.15) is 18.2 Å². The minimum Gasteiger partial charge on any atom is -0.489 e. The molecular formula is C17H20FNO. The summed E-state index contributed by atoms with van der Waals surface area (Å²) in [7, 11) is 0. The van der Waals surface area contributed by atoms with E-state index in [9.17, 15) is 4.39 Å². The van der Waals surface area contributed by atoms with Crippen LogP contribution >= 0.6 is 0 Å². The average molecular weight is 273 g/mol. The summed E-state index contributed by atoms with van der Waals surface area (Å²) in [5.41, 5.74) is 2.18. The minimum absolute atomic E-state index is 0.226. The standard InChI is InChI=1S/C17H20FNO/c1-13(2)19-11-14-5-9-17(10-6-14)20-12-15-3-7-16(18)8-4-15/h3-10,13,19H,11-12H2,1-2H3. The van der Waals surface area contributed by atoms with Gasteiger partial charge in [-0.15, -0.1) is 0 Å². The largest absolute Gasteiger partial charge is 0.489 e. The van der Waals surface area contributed by atoms with Gasteiger partial charge in [0.15, 0.2) is 0 Å². The van der Waals surface area contributed by atoms with Crippen molar-refractivity contribution in [3.8, 4) is 5.75 Å². The zero-order valence-electron chi connectivity index (χ0n) is 11.9. The summed E-state index contributed by atoms with van der Waals surface area (Å²) in [5, 5.41) is 3.37. The van der Waals surface area contributed by atoms with E-state index in [1.165, 1.54) is 17.7 Å². The molecule has 3 heteroatoms. The molecule has 2 nitrogen and oxygen atoms in total. The first-order chi connectivity index (χ1) is 9.63. The smallest absolute Gasteiger partial charge is 0.123 e. The maximum Gasteiger partial charge on any atom is 0.123 e. The van der Waals surface area contributed by atoms with Gasteiger partial charge in [-0.25, -0.2) is 4.39 Å². The molecule has 106 valence electrons. The number of halogens is 1. The van der Waals surface area contributed by atoms with Crippen LogP contribution in [0.2, 0.25) is 0 Å². The maximum absolute atomic E-state index is 12.8. The van der Waals surface area contributed by atoms with Gasteiger partial charge < -0.3 is 10.1 Å². The Morgan fingerprint density at radius 3 is 2.15 bits per heavy atom. The summed E-state index contributed by atoms with van der Waals surface area (Å²) in [6, 6.07) is 14.8. The van der Waals surface area contributed by atoms with Gasteiger partial charge in [0.25, 0.3) is 0 Å². The monoisotopic (exact) mass is 273 g/mol. The lowest BCUT2D eigenvalue weighted by Gasteiger charge is -2.10. The van der Waals surface area contributed by atoms with E-state index in [2.05, 4.69) is 31.3 Å². The fraction of sp³-hybridized carbons (Fsp3) is 0.294. The Kier molecular flexibility index (Phi) is 5.13. The molecule has 0 aliphatic rings. The number of hydrogen-bond acceptors (Lipinski definition) is 2. The molecule has 0 heterocycles. The molecule has 0 bridgehead atoms. The Bertz CT molecular complexity index is 520. The van der Waals surface area contributed by atoms with E-state index in [4.69, 9.17) is 4.74 Å². The van der Waals surface area contributed by atoms with E-state index < -0.39 is 0 Å². The third kappa shape index (κ3) is 4.67. The molecular weight excluding hydrogens is 253 g/mol. The Hall–Kier alpha value is -1.87. The molecule has 20 heavy (non-hydrogen) atoms. The molecule has 0 amide bonds. The Labute approximate surface area is 119 Å². The van der Waals surface area contributed by atoms with E-state index in [-0.39, 0.29) is 5.82 Å². The van der Waals surface area contributed by atoms with Gasteiger partial charge in [-0.1, -0.05) is 38.1 Å². The lowest BCUT2D eigenvalue weighted by Crippen LogP contribution is -2.21. The molecule has 0 aromatic heterocycles. The number of hydrogen-bond donors (Lipinski definition) is 1. The summed E-state index contributed by atoms with van der Waals surface area (Å²) in [6.07, 6.45) is 0. The van der Waals surface area contributed by atoms with Crippen molar-refractivity contribution in [3.05, 3.63) is 65.5 Å². The molecule has 0 aliphatic carbocycles. The molecule has 0 spiro atoms. The first kappa shape index (κ1) is 14.5. The van der Waals surface area contributed by atoms with E-state index in [0.29, 0.717) is 12.6 Å². The lowest BCUT2D eigenvalue weighted by atomic mass is 10.2. The van der Waals surface area contributed by atoms with Gasteiger partial charge in [-0.05, 0) is 35.4 Å². The van der Waals surface area contributed by atoms with Crippen molar-refractivity contribution < 1.29 is 9.13 Å². The second-order valence-electron chi connectivity index (χ2n) is 5.09. The van der Waals surface area contributed by atoms with Crippen LogP contribution in [0.3, 0.4) is 0 Å². The van der Waals surface area contributed by atoms with E-state index >= 15 is 0 Å². The number of nitrogens with one attached hydrogen (secondary N) is 1. The van der Waals surface area contributed by atoms with Crippen molar-refractivity contribution in [2.75, 3.05) is 0 Å². The van der Waals surface area contributed by atoms with Gasteiger partial charge in [-0.3, -0.25) is 0 Å².